The van der Waals surface area contributed by atoms with Gasteiger partial charge in [0.15, 0.2) is 5.78 Å². The molecule has 4 rings (SSSR count). The number of nitrogens with one attached hydrogen (secondary N) is 2. The zero-order valence-electron chi connectivity index (χ0n) is 20.7. The Morgan fingerprint density at radius 1 is 1.13 bits per heavy atom. The minimum absolute atomic E-state index is 0.0133. The number of halogens is 2. The van der Waals surface area contributed by atoms with Gasteiger partial charge in [0.2, 0.25) is 11.8 Å². The predicted molar refractivity (Wildman–Crippen MR) is 153 cm³/mol. The summed E-state index contributed by atoms with van der Waals surface area (Å²) in [4.78, 5) is 55.0. The van der Waals surface area contributed by atoms with Crippen LogP contribution in [0.2, 0.25) is 0 Å². The Labute approximate surface area is 238 Å². The number of para-hydroxylation sites is 1. The Balaban J connectivity index is 1.41. The van der Waals surface area contributed by atoms with Crippen LogP contribution in [-0.4, -0.2) is 65.1 Å². The van der Waals surface area contributed by atoms with Crippen LogP contribution in [0.4, 0.5) is 16.2 Å². The van der Waals surface area contributed by atoms with Crippen LogP contribution in [0.1, 0.15) is 35.2 Å². The number of piperidine rings is 1. The van der Waals surface area contributed by atoms with Gasteiger partial charge in [0, 0.05) is 52.3 Å². The SMILES string of the molecule is C=CC(=O)N[C@H](CC(=O)c1cc(Br)c(N)c(Br)c1)C(=O)N1CCC(N2CCc3ccccc3NC2=O)CC1. The first-order chi connectivity index (χ1) is 18.2. The number of fused-ring (bicyclic) bond motifs is 1. The van der Waals surface area contributed by atoms with E-state index in [9.17, 15) is 19.2 Å². The van der Waals surface area contributed by atoms with E-state index < -0.39 is 11.9 Å². The summed E-state index contributed by atoms with van der Waals surface area (Å²) in [5.41, 5.74) is 8.67. The number of amides is 4. The molecule has 2 aromatic carbocycles. The van der Waals surface area contributed by atoms with Gasteiger partial charge in [-0.2, -0.15) is 0 Å². The maximum absolute atomic E-state index is 13.4. The Kier molecular flexibility index (Phi) is 8.88. The van der Waals surface area contributed by atoms with Crippen LogP contribution in [0.3, 0.4) is 0 Å². The molecular weight excluding hydrogens is 618 g/mol. The lowest BCUT2D eigenvalue weighted by atomic mass is 9.99. The molecule has 1 fully saturated rings. The van der Waals surface area contributed by atoms with Gasteiger partial charge in [0.25, 0.3) is 0 Å². The zero-order valence-corrected chi connectivity index (χ0v) is 23.9. The largest absolute Gasteiger partial charge is 0.397 e. The number of nitrogen functional groups attached to an aromatic ring is 1. The summed E-state index contributed by atoms with van der Waals surface area (Å²) in [6.45, 7) is 4.87. The highest BCUT2D eigenvalue weighted by Gasteiger charge is 2.34. The van der Waals surface area contributed by atoms with Gasteiger partial charge in [-0.15, -0.1) is 0 Å². The van der Waals surface area contributed by atoms with Crippen molar-refractivity contribution in [2.45, 2.75) is 37.8 Å². The molecule has 0 aliphatic carbocycles. The van der Waals surface area contributed by atoms with E-state index in [1.165, 1.54) is 0 Å². The summed E-state index contributed by atoms with van der Waals surface area (Å²) in [5, 5.41) is 5.61. The number of likely N-dealkylation sites (tertiary alicyclic amines) is 1. The number of carbonyl (C=O) groups excluding carboxylic acids is 4. The van der Waals surface area contributed by atoms with Crippen molar-refractivity contribution in [3.63, 3.8) is 0 Å². The van der Waals surface area contributed by atoms with Crippen LogP contribution in [0.25, 0.3) is 0 Å². The molecule has 4 amide bonds. The molecule has 1 saturated heterocycles. The second kappa shape index (κ2) is 12.1. The van der Waals surface area contributed by atoms with Crippen molar-refractivity contribution in [3.8, 4) is 0 Å². The third-order valence-corrected chi connectivity index (χ3v) is 8.26. The highest BCUT2D eigenvalue weighted by atomic mass is 79.9. The molecule has 0 unspecified atom stereocenters. The second-order valence-electron chi connectivity index (χ2n) is 9.33. The van der Waals surface area contributed by atoms with Crippen LogP contribution in [0.5, 0.6) is 0 Å². The third-order valence-electron chi connectivity index (χ3n) is 6.95. The van der Waals surface area contributed by atoms with E-state index in [2.05, 4.69) is 49.1 Å². The number of benzene rings is 2. The Morgan fingerprint density at radius 2 is 1.79 bits per heavy atom. The summed E-state index contributed by atoms with van der Waals surface area (Å²) in [5.74, 6) is -1.19. The van der Waals surface area contributed by atoms with Crippen LogP contribution < -0.4 is 16.4 Å². The molecule has 2 aliphatic rings. The number of carbonyl (C=O) groups is 4. The lowest BCUT2D eigenvalue weighted by Gasteiger charge is -2.39. The van der Waals surface area contributed by atoms with E-state index in [0.717, 1.165) is 23.7 Å². The highest BCUT2D eigenvalue weighted by Crippen LogP contribution is 2.30. The molecule has 4 N–H and O–H groups in total. The standard InChI is InChI=1S/C27H29Br2N5O4/c1-2-24(36)31-22(15-23(35)17-13-19(28)25(30)20(29)14-17)26(37)33-10-8-18(9-11-33)34-12-7-16-5-3-4-6-21(16)32-27(34)38/h2-6,13-14,18,22H,1,7-12,15,30H2,(H,31,36)(H,32,38)/t22-/m1/s1. The molecule has 0 spiro atoms. The molecule has 9 nitrogen and oxygen atoms in total. The van der Waals surface area contributed by atoms with Crippen LogP contribution in [-0.2, 0) is 16.0 Å². The van der Waals surface area contributed by atoms with Gasteiger partial charge in [0.1, 0.15) is 6.04 Å². The van der Waals surface area contributed by atoms with Gasteiger partial charge in [-0.25, -0.2) is 4.79 Å². The van der Waals surface area contributed by atoms with Gasteiger partial charge in [-0.3, -0.25) is 14.4 Å². The van der Waals surface area contributed by atoms with Gasteiger partial charge >= 0.3 is 6.03 Å². The molecule has 0 radical (unpaired) electrons. The molecule has 0 bridgehead atoms. The molecular formula is C27H29Br2N5O4. The summed E-state index contributed by atoms with van der Waals surface area (Å²) >= 11 is 6.67. The molecule has 0 aromatic heterocycles. The minimum Gasteiger partial charge on any atom is -0.397 e. The monoisotopic (exact) mass is 645 g/mol. The minimum atomic E-state index is -1.05. The first-order valence-corrected chi connectivity index (χ1v) is 13.9. The topological polar surface area (TPSA) is 125 Å². The van der Waals surface area contributed by atoms with Gasteiger partial charge in [-0.05, 0) is 81.0 Å². The molecule has 38 heavy (non-hydrogen) atoms. The van der Waals surface area contributed by atoms with E-state index in [-0.39, 0.29) is 30.2 Å². The van der Waals surface area contributed by atoms with E-state index in [4.69, 9.17) is 5.73 Å². The van der Waals surface area contributed by atoms with Gasteiger partial charge in [-0.1, -0.05) is 24.8 Å². The lowest BCUT2D eigenvalue weighted by Crippen LogP contribution is -2.54. The fourth-order valence-corrected chi connectivity index (χ4v) is 6.02. The highest BCUT2D eigenvalue weighted by molar-refractivity contribution is 9.11. The molecule has 2 aromatic rings. The number of Topliss-reactive ketones (excluding diaryl/α,β-unsaturated/α-hetero) is 1. The molecule has 2 heterocycles. The van der Waals surface area contributed by atoms with E-state index in [1.54, 1.807) is 17.0 Å². The Bertz CT molecular complexity index is 1250. The molecule has 11 heteroatoms. The van der Waals surface area contributed by atoms with Crippen molar-refractivity contribution < 1.29 is 19.2 Å². The number of urea groups is 1. The molecule has 0 saturated carbocycles. The van der Waals surface area contributed by atoms with Crippen LogP contribution in [0.15, 0.2) is 58.0 Å². The number of nitrogens with two attached hydrogens (primary N) is 1. The fourth-order valence-electron chi connectivity index (χ4n) is 4.84. The van der Waals surface area contributed by atoms with Crippen molar-refractivity contribution >= 4 is 66.9 Å². The smallest absolute Gasteiger partial charge is 0.322 e. The summed E-state index contributed by atoms with van der Waals surface area (Å²) in [6.07, 6.45) is 2.81. The normalized spacial score (nSPS) is 16.6. The molecule has 1 atom stereocenters. The lowest BCUT2D eigenvalue weighted by molar-refractivity contribution is -0.136. The van der Waals surface area contributed by atoms with Crippen molar-refractivity contribution in [2.24, 2.45) is 0 Å². The maximum atomic E-state index is 13.4. The molecule has 2 aliphatic heterocycles. The maximum Gasteiger partial charge on any atom is 0.322 e. The first-order valence-electron chi connectivity index (χ1n) is 12.3. The van der Waals surface area contributed by atoms with Crippen molar-refractivity contribution in [1.29, 1.82) is 0 Å². The Hall–Kier alpha value is -3.18. The van der Waals surface area contributed by atoms with Crippen molar-refractivity contribution in [2.75, 3.05) is 30.7 Å². The van der Waals surface area contributed by atoms with E-state index in [0.29, 0.717) is 52.7 Å². The number of hydrogen-bond acceptors (Lipinski definition) is 5. The summed E-state index contributed by atoms with van der Waals surface area (Å²) in [7, 11) is 0. The number of hydrogen-bond donors (Lipinski definition) is 3. The van der Waals surface area contributed by atoms with Crippen LogP contribution in [0, 0.1) is 0 Å². The number of ketones is 1. The first kappa shape index (κ1) is 27.8. The number of anilines is 2. The average molecular weight is 647 g/mol. The van der Waals surface area contributed by atoms with Crippen LogP contribution >= 0.6 is 31.9 Å². The van der Waals surface area contributed by atoms with Gasteiger partial charge < -0.3 is 26.2 Å². The number of rotatable bonds is 7. The van der Waals surface area contributed by atoms with E-state index >= 15 is 0 Å². The Morgan fingerprint density at radius 3 is 2.45 bits per heavy atom. The quantitative estimate of drug-likeness (QED) is 0.237. The zero-order chi connectivity index (χ0) is 27.4. The summed E-state index contributed by atoms with van der Waals surface area (Å²) < 4.78 is 1.10. The molecule has 200 valence electrons. The van der Waals surface area contributed by atoms with E-state index in [1.807, 2.05) is 29.2 Å². The number of nitrogens with zero attached hydrogens (tertiary/aromatic N) is 2. The third kappa shape index (κ3) is 6.27. The predicted octanol–water partition coefficient (Wildman–Crippen LogP) is 4.12. The summed E-state index contributed by atoms with van der Waals surface area (Å²) in [6, 6.07) is 9.77. The van der Waals surface area contributed by atoms with Crippen molar-refractivity contribution in [1.82, 2.24) is 15.1 Å². The fraction of sp³-hybridized carbons (Fsp3) is 0.333. The average Bonchev–Trinajstić information content (AvgIpc) is 3.08. The van der Waals surface area contributed by atoms with Gasteiger partial charge in [0.05, 0.1) is 5.69 Å². The second-order valence-corrected chi connectivity index (χ2v) is 11.0. The van der Waals surface area contributed by atoms with Crippen molar-refractivity contribution in [3.05, 3.63) is 69.1 Å².